The number of nitrogens with one attached hydrogen (secondary N) is 1. The number of hydrogen-bond donors (Lipinski definition) is 1. The Morgan fingerprint density at radius 3 is 3.06 bits per heavy atom. The van der Waals surface area contributed by atoms with E-state index in [1.165, 1.54) is 34.9 Å². The first kappa shape index (κ1) is 12.4. The summed E-state index contributed by atoms with van der Waals surface area (Å²) in [4.78, 5) is 5.67. The molecule has 1 N–H and O–H groups in total. The average molecular weight is 256 g/mol. The molecule has 1 aliphatic rings. The van der Waals surface area contributed by atoms with Gasteiger partial charge in [0.1, 0.15) is 0 Å². The van der Waals surface area contributed by atoms with Crippen LogP contribution in [-0.4, -0.2) is 23.0 Å². The first-order valence-corrected chi connectivity index (χ1v) is 8.02. The van der Waals surface area contributed by atoms with E-state index in [1.54, 1.807) is 11.3 Å². The minimum atomic E-state index is 0.453. The van der Waals surface area contributed by atoms with Gasteiger partial charge in [-0.25, -0.2) is 4.98 Å². The van der Waals surface area contributed by atoms with Gasteiger partial charge >= 0.3 is 0 Å². The van der Waals surface area contributed by atoms with Crippen LogP contribution in [0.3, 0.4) is 0 Å². The molecule has 0 aromatic carbocycles. The Bertz CT molecular complexity index is 321. The van der Waals surface area contributed by atoms with E-state index in [4.69, 9.17) is 0 Å². The summed E-state index contributed by atoms with van der Waals surface area (Å²) >= 11 is 3.85. The van der Waals surface area contributed by atoms with Crippen LogP contribution >= 0.6 is 23.1 Å². The van der Waals surface area contributed by atoms with Crippen LogP contribution in [0.2, 0.25) is 0 Å². The highest BCUT2D eigenvalue weighted by atomic mass is 32.2. The molecule has 0 bridgehead atoms. The minimum Gasteiger partial charge on any atom is -0.309 e. The van der Waals surface area contributed by atoms with Crippen molar-refractivity contribution < 1.29 is 0 Å². The van der Waals surface area contributed by atoms with Crippen molar-refractivity contribution in [2.75, 3.05) is 18.1 Å². The molecule has 0 aliphatic heterocycles. The van der Waals surface area contributed by atoms with Gasteiger partial charge in [0.15, 0.2) is 0 Å². The van der Waals surface area contributed by atoms with Crippen molar-refractivity contribution in [1.29, 1.82) is 0 Å². The van der Waals surface area contributed by atoms with Gasteiger partial charge in [-0.1, -0.05) is 0 Å². The summed E-state index contributed by atoms with van der Waals surface area (Å²) in [5.41, 5.74) is 3.11. The predicted molar refractivity (Wildman–Crippen MR) is 73.3 cm³/mol. The topological polar surface area (TPSA) is 24.9 Å². The lowest BCUT2D eigenvalue weighted by Crippen LogP contribution is -2.21. The largest absolute Gasteiger partial charge is 0.309 e. The third-order valence-electron chi connectivity index (χ3n) is 2.92. The molecule has 1 unspecified atom stereocenters. The molecule has 0 saturated heterocycles. The Labute approximate surface area is 106 Å². The van der Waals surface area contributed by atoms with Gasteiger partial charge in [-0.15, -0.1) is 11.3 Å². The SMILES string of the molecule is Cc1ncsc1C(C)NCCSCC1CC1. The highest BCUT2D eigenvalue weighted by molar-refractivity contribution is 7.99. The second-order valence-corrected chi connectivity index (χ2v) is 6.53. The number of nitrogens with zero attached hydrogens (tertiary/aromatic N) is 1. The normalized spacial score (nSPS) is 17.6. The van der Waals surface area contributed by atoms with Gasteiger partial charge in [0, 0.05) is 23.2 Å². The van der Waals surface area contributed by atoms with Gasteiger partial charge in [-0.2, -0.15) is 11.8 Å². The Morgan fingerprint density at radius 2 is 2.44 bits per heavy atom. The van der Waals surface area contributed by atoms with Gasteiger partial charge in [-0.3, -0.25) is 0 Å². The predicted octanol–water partition coefficient (Wildman–Crippen LogP) is 3.25. The second kappa shape index (κ2) is 6.03. The van der Waals surface area contributed by atoms with Crippen molar-refractivity contribution in [2.24, 2.45) is 5.92 Å². The molecule has 1 heterocycles. The lowest BCUT2D eigenvalue weighted by atomic mass is 10.2. The van der Waals surface area contributed by atoms with Crippen molar-refractivity contribution in [3.05, 3.63) is 16.1 Å². The van der Waals surface area contributed by atoms with Crippen molar-refractivity contribution in [3.63, 3.8) is 0 Å². The van der Waals surface area contributed by atoms with Crippen molar-refractivity contribution >= 4 is 23.1 Å². The lowest BCUT2D eigenvalue weighted by molar-refractivity contribution is 0.606. The van der Waals surface area contributed by atoms with Gasteiger partial charge in [-0.05, 0) is 38.4 Å². The lowest BCUT2D eigenvalue weighted by Gasteiger charge is -2.12. The van der Waals surface area contributed by atoms with E-state index >= 15 is 0 Å². The standard InChI is InChI=1S/C12H20N2S2/c1-9(12-10(2)14-8-16-12)13-5-6-15-7-11-3-4-11/h8-9,11,13H,3-7H2,1-2H3. The summed E-state index contributed by atoms with van der Waals surface area (Å²) in [6.07, 6.45) is 2.94. The van der Waals surface area contributed by atoms with Crippen LogP contribution in [0.5, 0.6) is 0 Å². The van der Waals surface area contributed by atoms with Crippen molar-refractivity contribution in [2.45, 2.75) is 32.7 Å². The number of hydrogen-bond acceptors (Lipinski definition) is 4. The maximum atomic E-state index is 4.29. The van der Waals surface area contributed by atoms with E-state index < -0.39 is 0 Å². The molecule has 4 heteroatoms. The molecule has 1 saturated carbocycles. The highest BCUT2D eigenvalue weighted by Crippen LogP contribution is 2.32. The summed E-state index contributed by atoms with van der Waals surface area (Å²) in [6, 6.07) is 0.453. The fourth-order valence-electron chi connectivity index (χ4n) is 1.70. The molecular weight excluding hydrogens is 236 g/mol. The average Bonchev–Trinajstić information content (AvgIpc) is 2.99. The Balaban J connectivity index is 1.59. The number of thiazole rings is 1. The fraction of sp³-hybridized carbons (Fsp3) is 0.750. The molecular formula is C12H20N2S2. The zero-order chi connectivity index (χ0) is 11.4. The summed E-state index contributed by atoms with van der Waals surface area (Å²) in [6.45, 7) is 5.42. The molecule has 1 aliphatic carbocycles. The van der Waals surface area contributed by atoms with Crippen LogP contribution in [0, 0.1) is 12.8 Å². The summed E-state index contributed by atoms with van der Waals surface area (Å²) in [5.74, 6) is 3.65. The van der Waals surface area contributed by atoms with E-state index in [-0.39, 0.29) is 0 Å². The summed E-state index contributed by atoms with van der Waals surface area (Å²) in [5, 5.41) is 3.57. The van der Waals surface area contributed by atoms with Crippen LogP contribution in [0.25, 0.3) is 0 Å². The van der Waals surface area contributed by atoms with Gasteiger partial charge < -0.3 is 5.32 Å². The third-order valence-corrected chi connectivity index (χ3v) is 5.24. The zero-order valence-corrected chi connectivity index (χ0v) is 11.7. The zero-order valence-electron chi connectivity index (χ0n) is 10.0. The highest BCUT2D eigenvalue weighted by Gasteiger charge is 2.20. The molecule has 0 amide bonds. The number of thioether (sulfide) groups is 1. The van der Waals surface area contributed by atoms with E-state index in [9.17, 15) is 0 Å². The van der Waals surface area contributed by atoms with Gasteiger partial charge in [0.05, 0.1) is 11.2 Å². The third kappa shape index (κ3) is 3.75. The van der Waals surface area contributed by atoms with E-state index in [0.29, 0.717) is 6.04 Å². The maximum Gasteiger partial charge on any atom is 0.0798 e. The van der Waals surface area contributed by atoms with Gasteiger partial charge in [0.2, 0.25) is 0 Å². The Kier molecular flexibility index (Phi) is 4.67. The van der Waals surface area contributed by atoms with E-state index in [0.717, 1.165) is 12.5 Å². The molecule has 1 fully saturated rings. The molecule has 1 atom stereocenters. The number of aromatic nitrogens is 1. The molecule has 2 nitrogen and oxygen atoms in total. The van der Waals surface area contributed by atoms with E-state index in [2.05, 4.69) is 35.9 Å². The molecule has 0 radical (unpaired) electrons. The van der Waals surface area contributed by atoms with Crippen molar-refractivity contribution in [1.82, 2.24) is 10.3 Å². The first-order chi connectivity index (χ1) is 7.77. The van der Waals surface area contributed by atoms with Crippen LogP contribution < -0.4 is 5.32 Å². The molecule has 1 aromatic heterocycles. The quantitative estimate of drug-likeness (QED) is 0.758. The van der Waals surface area contributed by atoms with Crippen LogP contribution in [0.15, 0.2) is 5.51 Å². The summed E-state index contributed by atoms with van der Waals surface area (Å²) in [7, 11) is 0. The van der Waals surface area contributed by atoms with Crippen LogP contribution in [-0.2, 0) is 0 Å². The van der Waals surface area contributed by atoms with Crippen molar-refractivity contribution in [3.8, 4) is 0 Å². The Morgan fingerprint density at radius 1 is 1.62 bits per heavy atom. The summed E-state index contributed by atoms with van der Waals surface area (Å²) < 4.78 is 0. The van der Waals surface area contributed by atoms with Crippen LogP contribution in [0.1, 0.15) is 36.4 Å². The van der Waals surface area contributed by atoms with E-state index in [1.807, 2.05) is 5.51 Å². The smallest absolute Gasteiger partial charge is 0.0798 e. The number of rotatable bonds is 7. The molecule has 16 heavy (non-hydrogen) atoms. The first-order valence-electron chi connectivity index (χ1n) is 5.98. The maximum absolute atomic E-state index is 4.29. The monoisotopic (exact) mass is 256 g/mol. The van der Waals surface area contributed by atoms with Gasteiger partial charge in [0.25, 0.3) is 0 Å². The second-order valence-electron chi connectivity index (χ2n) is 4.50. The number of aryl methyl sites for hydroxylation is 1. The molecule has 0 spiro atoms. The molecule has 1 aromatic rings. The molecule has 90 valence electrons. The molecule has 2 rings (SSSR count). The Hall–Kier alpha value is -0.0600. The fourth-order valence-corrected chi connectivity index (χ4v) is 3.63. The minimum absolute atomic E-state index is 0.453. The van der Waals surface area contributed by atoms with Crippen LogP contribution in [0.4, 0.5) is 0 Å².